The average molecular weight is 142 g/mol. The number of hydrogen-bond acceptors (Lipinski definition) is 2. The summed E-state index contributed by atoms with van der Waals surface area (Å²) in [6.45, 7) is 9.36. The molecule has 0 N–H and O–H groups in total. The molecule has 0 rings (SSSR count). The second-order valence-corrected chi connectivity index (χ2v) is 2.04. The normalized spacial score (nSPS) is 8.11. The lowest BCUT2D eigenvalue weighted by Gasteiger charge is -2.01. The number of ether oxygens (including phenoxy) is 1. The van der Waals surface area contributed by atoms with Crippen molar-refractivity contribution in [2.45, 2.75) is 6.92 Å². The standard InChI is InChI=1S/C7H10OS/c1-4-5-8-7(9)6(2)3/h4H,1-2,5H2,3H3. The van der Waals surface area contributed by atoms with Crippen LogP contribution in [0.1, 0.15) is 6.92 Å². The van der Waals surface area contributed by atoms with Crippen LogP contribution in [0.2, 0.25) is 0 Å². The fourth-order valence-electron chi connectivity index (χ4n) is 0.258. The first-order valence-corrected chi connectivity index (χ1v) is 3.03. The molecule has 0 amide bonds. The summed E-state index contributed by atoms with van der Waals surface area (Å²) in [6, 6.07) is 0. The van der Waals surface area contributed by atoms with Gasteiger partial charge in [-0.3, -0.25) is 0 Å². The van der Waals surface area contributed by atoms with E-state index in [1.165, 1.54) is 0 Å². The van der Waals surface area contributed by atoms with Crippen LogP contribution in [-0.4, -0.2) is 11.7 Å². The SMILES string of the molecule is C=CCOC(=S)C(=C)C. The first-order chi connectivity index (χ1) is 4.18. The lowest BCUT2D eigenvalue weighted by molar-refractivity contribution is 0.361. The van der Waals surface area contributed by atoms with Crippen molar-refractivity contribution in [3.63, 3.8) is 0 Å². The van der Waals surface area contributed by atoms with E-state index >= 15 is 0 Å². The van der Waals surface area contributed by atoms with Crippen molar-refractivity contribution < 1.29 is 4.74 Å². The highest BCUT2D eigenvalue weighted by molar-refractivity contribution is 7.80. The first-order valence-electron chi connectivity index (χ1n) is 2.62. The van der Waals surface area contributed by atoms with Gasteiger partial charge in [-0.2, -0.15) is 0 Å². The summed E-state index contributed by atoms with van der Waals surface area (Å²) >= 11 is 4.77. The number of thiocarbonyl (C=S) groups is 1. The van der Waals surface area contributed by atoms with E-state index in [-0.39, 0.29) is 0 Å². The van der Waals surface area contributed by atoms with Gasteiger partial charge in [0.25, 0.3) is 0 Å². The molecule has 0 aromatic rings. The Hall–Kier alpha value is -0.630. The first kappa shape index (κ1) is 8.37. The zero-order chi connectivity index (χ0) is 7.28. The number of hydrogen-bond donors (Lipinski definition) is 0. The molecule has 0 spiro atoms. The lowest BCUT2D eigenvalue weighted by Crippen LogP contribution is -2.01. The van der Waals surface area contributed by atoms with Crippen molar-refractivity contribution in [3.05, 3.63) is 24.8 Å². The molecule has 0 aromatic heterocycles. The Labute approximate surface area is 61.0 Å². The zero-order valence-electron chi connectivity index (χ0n) is 5.52. The molecule has 2 heteroatoms. The summed E-state index contributed by atoms with van der Waals surface area (Å²) in [6.07, 6.45) is 1.65. The summed E-state index contributed by atoms with van der Waals surface area (Å²) in [4.78, 5) is 0. The predicted octanol–water partition coefficient (Wildman–Crippen LogP) is 2.09. The minimum Gasteiger partial charge on any atom is -0.479 e. The third-order valence-corrected chi connectivity index (χ3v) is 1.15. The van der Waals surface area contributed by atoms with Gasteiger partial charge in [-0.1, -0.05) is 19.2 Å². The van der Waals surface area contributed by atoms with E-state index in [9.17, 15) is 0 Å². The molecule has 0 heterocycles. The van der Waals surface area contributed by atoms with Gasteiger partial charge >= 0.3 is 0 Å². The molecule has 0 saturated carbocycles. The van der Waals surface area contributed by atoms with E-state index in [1.807, 2.05) is 6.92 Å². The van der Waals surface area contributed by atoms with E-state index in [0.717, 1.165) is 5.57 Å². The fraction of sp³-hybridized carbons (Fsp3) is 0.286. The van der Waals surface area contributed by atoms with Crippen LogP contribution < -0.4 is 0 Å². The van der Waals surface area contributed by atoms with Gasteiger partial charge in [0.2, 0.25) is 0 Å². The minimum atomic E-state index is 0.464. The minimum absolute atomic E-state index is 0.464. The highest BCUT2D eigenvalue weighted by atomic mass is 32.1. The smallest absolute Gasteiger partial charge is 0.186 e. The van der Waals surface area contributed by atoms with Crippen LogP contribution >= 0.6 is 12.2 Å². The molecule has 0 saturated heterocycles. The van der Waals surface area contributed by atoms with Gasteiger partial charge in [0, 0.05) is 0 Å². The van der Waals surface area contributed by atoms with Crippen LogP contribution in [0.4, 0.5) is 0 Å². The predicted molar refractivity (Wildman–Crippen MR) is 43.6 cm³/mol. The Bertz CT molecular complexity index is 138. The van der Waals surface area contributed by atoms with Crippen LogP contribution in [0.15, 0.2) is 24.8 Å². The van der Waals surface area contributed by atoms with Crippen LogP contribution in [0, 0.1) is 0 Å². The molecule has 0 atom stereocenters. The molecule has 0 aromatic carbocycles. The van der Waals surface area contributed by atoms with Gasteiger partial charge < -0.3 is 4.74 Å². The third kappa shape index (κ3) is 3.91. The Morgan fingerprint density at radius 3 is 2.67 bits per heavy atom. The van der Waals surface area contributed by atoms with Crippen molar-refractivity contribution in [1.82, 2.24) is 0 Å². The summed E-state index contributed by atoms with van der Waals surface area (Å²) in [5.74, 6) is 0. The highest BCUT2D eigenvalue weighted by Gasteiger charge is 1.93. The average Bonchev–Trinajstić information content (AvgIpc) is 1.82. The van der Waals surface area contributed by atoms with E-state index < -0.39 is 0 Å². The van der Waals surface area contributed by atoms with Crippen molar-refractivity contribution >= 4 is 17.3 Å². The molecule has 50 valence electrons. The second kappa shape index (κ2) is 4.27. The quantitative estimate of drug-likeness (QED) is 0.339. The fourth-order valence-corrected chi connectivity index (χ4v) is 0.326. The van der Waals surface area contributed by atoms with E-state index in [4.69, 9.17) is 17.0 Å². The Morgan fingerprint density at radius 1 is 1.78 bits per heavy atom. The van der Waals surface area contributed by atoms with Crippen molar-refractivity contribution in [2.24, 2.45) is 0 Å². The molecular formula is C7H10OS. The van der Waals surface area contributed by atoms with Crippen molar-refractivity contribution in [2.75, 3.05) is 6.61 Å². The van der Waals surface area contributed by atoms with Crippen molar-refractivity contribution in [1.29, 1.82) is 0 Å². The van der Waals surface area contributed by atoms with Crippen molar-refractivity contribution in [3.8, 4) is 0 Å². The zero-order valence-corrected chi connectivity index (χ0v) is 6.33. The molecule has 0 unspecified atom stereocenters. The molecule has 1 nitrogen and oxygen atoms in total. The Morgan fingerprint density at radius 2 is 2.33 bits per heavy atom. The Kier molecular flexibility index (Phi) is 3.97. The van der Waals surface area contributed by atoms with E-state index in [1.54, 1.807) is 6.08 Å². The van der Waals surface area contributed by atoms with Crippen LogP contribution in [0.25, 0.3) is 0 Å². The van der Waals surface area contributed by atoms with Gasteiger partial charge in [0.15, 0.2) is 5.05 Å². The highest BCUT2D eigenvalue weighted by Crippen LogP contribution is 1.94. The molecule has 0 aliphatic rings. The monoisotopic (exact) mass is 142 g/mol. The summed E-state index contributed by atoms with van der Waals surface area (Å²) in [7, 11) is 0. The van der Waals surface area contributed by atoms with Gasteiger partial charge in [0.1, 0.15) is 6.61 Å². The van der Waals surface area contributed by atoms with E-state index in [2.05, 4.69) is 13.2 Å². The maximum Gasteiger partial charge on any atom is 0.186 e. The second-order valence-electron chi connectivity index (χ2n) is 1.67. The topological polar surface area (TPSA) is 9.23 Å². The molecule has 9 heavy (non-hydrogen) atoms. The maximum atomic E-state index is 4.97. The van der Waals surface area contributed by atoms with Crippen LogP contribution in [-0.2, 0) is 4.74 Å². The van der Waals surface area contributed by atoms with Gasteiger partial charge in [0.05, 0.1) is 0 Å². The van der Waals surface area contributed by atoms with Gasteiger partial charge in [-0.25, -0.2) is 0 Å². The summed E-state index contributed by atoms with van der Waals surface area (Å²) in [5, 5.41) is 0.468. The largest absolute Gasteiger partial charge is 0.479 e. The summed E-state index contributed by atoms with van der Waals surface area (Å²) < 4.78 is 4.97. The van der Waals surface area contributed by atoms with Gasteiger partial charge in [-0.05, 0) is 24.7 Å². The molecule has 0 fully saturated rings. The van der Waals surface area contributed by atoms with Crippen LogP contribution in [0.5, 0.6) is 0 Å². The Balaban J connectivity index is 3.51. The molecule has 0 aliphatic heterocycles. The van der Waals surface area contributed by atoms with Crippen LogP contribution in [0.3, 0.4) is 0 Å². The molecule has 0 aliphatic carbocycles. The molecule has 0 bridgehead atoms. The van der Waals surface area contributed by atoms with E-state index in [0.29, 0.717) is 11.7 Å². The lowest BCUT2D eigenvalue weighted by atomic mass is 10.4. The third-order valence-electron chi connectivity index (χ3n) is 0.681. The summed E-state index contributed by atoms with van der Waals surface area (Å²) in [5.41, 5.74) is 0.784. The molecule has 0 radical (unpaired) electrons. The maximum absolute atomic E-state index is 4.97. The van der Waals surface area contributed by atoms with Gasteiger partial charge in [-0.15, -0.1) is 0 Å². The number of rotatable bonds is 3. The molecular weight excluding hydrogens is 132 g/mol.